The van der Waals surface area contributed by atoms with Crippen molar-refractivity contribution in [1.82, 2.24) is 10.6 Å². The summed E-state index contributed by atoms with van der Waals surface area (Å²) in [6.45, 7) is 0. The van der Waals surface area contributed by atoms with Crippen LogP contribution in [0.5, 0.6) is 0 Å². The third-order valence-electron chi connectivity index (χ3n) is 4.79. The molecule has 0 aromatic heterocycles. The molecular weight excluding hydrogens is 393 g/mol. The summed E-state index contributed by atoms with van der Waals surface area (Å²) in [5.74, 6) is 0.0431. The summed E-state index contributed by atoms with van der Waals surface area (Å²) in [5.41, 5.74) is 1.30. The standard InChI is InChI=1S/C21H19ClFN5O/c22-15-8-4-13(5-9-15)18-12-19(28-27-18)25-21(24-17-2-1-3-17)26-20(29)14-6-10-16(23)11-7-14/h4-12,17-18H,1-3H2,(H2,24,25,26,29). The van der Waals surface area contributed by atoms with Crippen LogP contribution in [0.15, 0.2) is 75.6 Å². The number of halogens is 2. The fourth-order valence-corrected chi connectivity index (χ4v) is 3.05. The lowest BCUT2D eigenvalue weighted by Gasteiger charge is -2.22. The summed E-state index contributed by atoms with van der Waals surface area (Å²) >= 11 is 5.93. The first kappa shape index (κ1) is 19.3. The first-order chi connectivity index (χ1) is 14.1. The zero-order chi connectivity index (χ0) is 20.2. The van der Waals surface area contributed by atoms with Gasteiger partial charge < -0.3 is 5.32 Å². The monoisotopic (exact) mass is 411 g/mol. The molecule has 6 nitrogen and oxygen atoms in total. The lowest BCUT2D eigenvalue weighted by atomic mass is 9.94. The van der Waals surface area contributed by atoms with Gasteiger partial charge in [-0.05, 0) is 67.3 Å². The molecule has 2 aliphatic rings. The van der Waals surface area contributed by atoms with E-state index < -0.39 is 5.82 Å². The smallest absolute Gasteiger partial charge is 0.257 e. The second-order valence-corrected chi connectivity index (χ2v) is 7.35. The lowest BCUT2D eigenvalue weighted by molar-refractivity contribution is 0.0975. The maximum atomic E-state index is 13.1. The Morgan fingerprint density at radius 3 is 2.48 bits per heavy atom. The Kier molecular flexibility index (Phi) is 5.67. The van der Waals surface area contributed by atoms with E-state index in [9.17, 15) is 9.18 Å². The van der Waals surface area contributed by atoms with Crippen LogP contribution in [-0.4, -0.2) is 17.9 Å². The average molecular weight is 412 g/mol. The zero-order valence-corrected chi connectivity index (χ0v) is 16.2. The Labute approximate surface area is 172 Å². The number of rotatable bonds is 4. The SMILES string of the molecule is O=C(NC(=NC1CCC1)NC1=CC(c2ccc(Cl)cc2)N=N1)c1ccc(F)cc1. The van der Waals surface area contributed by atoms with Crippen LogP contribution in [0.2, 0.25) is 5.02 Å². The maximum Gasteiger partial charge on any atom is 0.257 e. The van der Waals surface area contributed by atoms with E-state index in [2.05, 4.69) is 25.9 Å². The largest absolute Gasteiger partial charge is 0.309 e. The van der Waals surface area contributed by atoms with E-state index in [4.69, 9.17) is 11.6 Å². The first-order valence-electron chi connectivity index (χ1n) is 9.37. The van der Waals surface area contributed by atoms with Crippen molar-refractivity contribution in [2.24, 2.45) is 15.2 Å². The van der Waals surface area contributed by atoms with Gasteiger partial charge >= 0.3 is 0 Å². The number of carbonyl (C=O) groups excluding carboxylic acids is 1. The molecular formula is C21H19ClFN5O. The summed E-state index contributed by atoms with van der Waals surface area (Å²) < 4.78 is 13.1. The van der Waals surface area contributed by atoms with Crippen LogP contribution in [-0.2, 0) is 0 Å². The summed E-state index contributed by atoms with van der Waals surface area (Å²) in [6, 6.07) is 12.7. The Hall–Kier alpha value is -3.06. The van der Waals surface area contributed by atoms with Crippen LogP contribution in [0, 0.1) is 5.82 Å². The molecule has 1 amide bonds. The van der Waals surface area contributed by atoms with Crippen molar-refractivity contribution >= 4 is 23.5 Å². The Bertz CT molecular complexity index is 981. The molecule has 1 fully saturated rings. The fraction of sp³-hybridized carbons (Fsp3) is 0.238. The third kappa shape index (κ3) is 4.86. The van der Waals surface area contributed by atoms with Gasteiger partial charge in [-0.3, -0.25) is 10.1 Å². The zero-order valence-electron chi connectivity index (χ0n) is 15.5. The maximum absolute atomic E-state index is 13.1. The molecule has 0 bridgehead atoms. The van der Waals surface area contributed by atoms with Crippen molar-refractivity contribution in [3.8, 4) is 0 Å². The number of carbonyl (C=O) groups is 1. The van der Waals surface area contributed by atoms with E-state index in [1.54, 1.807) is 12.1 Å². The van der Waals surface area contributed by atoms with Crippen LogP contribution in [0.4, 0.5) is 4.39 Å². The van der Waals surface area contributed by atoms with Gasteiger partial charge in [0.25, 0.3) is 5.91 Å². The molecule has 29 heavy (non-hydrogen) atoms. The molecule has 2 aromatic carbocycles. The molecule has 2 N–H and O–H groups in total. The Morgan fingerprint density at radius 2 is 1.83 bits per heavy atom. The third-order valence-corrected chi connectivity index (χ3v) is 5.04. The van der Waals surface area contributed by atoms with Gasteiger partial charge in [-0.1, -0.05) is 23.7 Å². The van der Waals surface area contributed by atoms with Crippen molar-refractivity contribution in [2.75, 3.05) is 0 Å². The van der Waals surface area contributed by atoms with Gasteiger partial charge in [0.05, 0.1) is 6.04 Å². The number of amides is 1. The Morgan fingerprint density at radius 1 is 1.10 bits per heavy atom. The summed E-state index contributed by atoms with van der Waals surface area (Å²) in [4.78, 5) is 17.1. The number of hydrogen-bond acceptors (Lipinski definition) is 4. The van der Waals surface area contributed by atoms with Crippen LogP contribution in [0.1, 0.15) is 41.2 Å². The topological polar surface area (TPSA) is 78.2 Å². The van der Waals surface area contributed by atoms with Gasteiger partial charge in [-0.25, -0.2) is 9.38 Å². The minimum atomic E-state index is -0.396. The molecule has 1 atom stereocenters. The van der Waals surface area contributed by atoms with Gasteiger partial charge in [0.1, 0.15) is 11.9 Å². The minimum Gasteiger partial charge on any atom is -0.309 e. The highest BCUT2D eigenvalue weighted by atomic mass is 35.5. The summed E-state index contributed by atoms with van der Waals surface area (Å²) in [5, 5.41) is 14.9. The number of guanidine groups is 1. The number of nitrogens with one attached hydrogen (secondary N) is 2. The molecule has 1 aliphatic heterocycles. The van der Waals surface area contributed by atoms with E-state index in [1.807, 2.05) is 18.2 Å². The van der Waals surface area contributed by atoms with E-state index in [-0.39, 0.29) is 18.0 Å². The molecule has 1 saturated carbocycles. The highest BCUT2D eigenvalue weighted by Gasteiger charge is 2.21. The fourth-order valence-electron chi connectivity index (χ4n) is 2.93. The molecule has 148 valence electrons. The molecule has 8 heteroatoms. The molecule has 0 spiro atoms. The summed E-state index contributed by atoms with van der Waals surface area (Å²) in [7, 11) is 0. The highest BCUT2D eigenvalue weighted by Crippen LogP contribution is 2.27. The molecule has 4 rings (SSSR count). The molecule has 2 aromatic rings. The van der Waals surface area contributed by atoms with E-state index >= 15 is 0 Å². The number of aliphatic imine (C=N–C) groups is 1. The number of nitrogens with zero attached hydrogens (tertiary/aromatic N) is 3. The van der Waals surface area contributed by atoms with Gasteiger partial charge in [0, 0.05) is 10.6 Å². The second-order valence-electron chi connectivity index (χ2n) is 6.91. The second kappa shape index (κ2) is 8.53. The van der Waals surface area contributed by atoms with Gasteiger partial charge in [-0.2, -0.15) is 5.11 Å². The van der Waals surface area contributed by atoms with E-state index in [1.165, 1.54) is 24.3 Å². The van der Waals surface area contributed by atoms with Crippen LogP contribution in [0.3, 0.4) is 0 Å². The van der Waals surface area contributed by atoms with Crippen LogP contribution < -0.4 is 10.6 Å². The van der Waals surface area contributed by atoms with E-state index in [0.717, 1.165) is 24.8 Å². The molecule has 1 aliphatic carbocycles. The van der Waals surface area contributed by atoms with Gasteiger partial charge in [-0.15, -0.1) is 5.11 Å². The molecule has 0 radical (unpaired) electrons. The van der Waals surface area contributed by atoms with Crippen molar-refractivity contribution in [1.29, 1.82) is 0 Å². The number of hydrogen-bond donors (Lipinski definition) is 2. The predicted molar refractivity (Wildman–Crippen MR) is 109 cm³/mol. The normalized spacial score (nSPS) is 18.9. The molecule has 1 heterocycles. The molecule has 0 saturated heterocycles. The van der Waals surface area contributed by atoms with Crippen molar-refractivity contribution < 1.29 is 9.18 Å². The highest BCUT2D eigenvalue weighted by molar-refractivity contribution is 6.30. The van der Waals surface area contributed by atoms with Crippen molar-refractivity contribution in [2.45, 2.75) is 31.3 Å². The van der Waals surface area contributed by atoms with Gasteiger partial charge in [0.15, 0.2) is 5.82 Å². The predicted octanol–water partition coefficient (Wildman–Crippen LogP) is 4.76. The van der Waals surface area contributed by atoms with E-state index in [0.29, 0.717) is 22.4 Å². The molecule has 1 unspecified atom stereocenters. The van der Waals surface area contributed by atoms with Crippen molar-refractivity contribution in [3.05, 3.63) is 82.4 Å². The van der Waals surface area contributed by atoms with Crippen molar-refractivity contribution in [3.63, 3.8) is 0 Å². The van der Waals surface area contributed by atoms with Crippen LogP contribution in [0.25, 0.3) is 0 Å². The quantitative estimate of drug-likeness (QED) is 0.562. The summed E-state index contributed by atoms with van der Waals surface area (Å²) in [6.07, 6.45) is 4.93. The van der Waals surface area contributed by atoms with Gasteiger partial charge in [0.2, 0.25) is 5.96 Å². The Balaban J connectivity index is 1.47. The number of benzene rings is 2. The van der Waals surface area contributed by atoms with Crippen LogP contribution >= 0.6 is 11.6 Å². The first-order valence-corrected chi connectivity index (χ1v) is 9.74. The minimum absolute atomic E-state index is 0.164. The number of azo groups is 1. The lowest BCUT2D eigenvalue weighted by Crippen LogP contribution is -2.41. The average Bonchev–Trinajstić information content (AvgIpc) is 3.14.